The van der Waals surface area contributed by atoms with Gasteiger partial charge in [-0.25, -0.2) is 21.6 Å². The second-order valence-corrected chi connectivity index (χ2v) is 11.9. The zero-order chi connectivity index (χ0) is 25.1. The average Bonchev–Trinajstić information content (AvgIpc) is 3.30. The van der Waals surface area contributed by atoms with Gasteiger partial charge in [-0.05, 0) is 54.4 Å². The number of morpholine rings is 1. The maximum absolute atomic E-state index is 12.7. The lowest BCUT2D eigenvalue weighted by molar-refractivity contribution is -0.118. The maximum Gasteiger partial charge on any atom is 0.243 e. The van der Waals surface area contributed by atoms with Crippen molar-refractivity contribution in [1.82, 2.24) is 9.03 Å². The number of nitrogens with zero attached hydrogens (tertiary/aromatic N) is 2. The summed E-state index contributed by atoms with van der Waals surface area (Å²) in [5.74, 6) is 0.449. The lowest BCUT2D eigenvalue weighted by Gasteiger charge is -2.26. The molecule has 0 radical (unpaired) electrons. The summed E-state index contributed by atoms with van der Waals surface area (Å²) in [5, 5.41) is 0. The molecule has 0 spiro atoms. The largest absolute Gasteiger partial charge is 0.492 e. The van der Waals surface area contributed by atoms with Crippen LogP contribution in [-0.2, 0) is 36.0 Å². The van der Waals surface area contributed by atoms with Gasteiger partial charge in [0.05, 0.1) is 23.0 Å². The molecule has 0 saturated carbocycles. The Morgan fingerprint density at radius 1 is 1.00 bits per heavy atom. The second-order valence-electron chi connectivity index (χ2n) is 8.17. The Labute approximate surface area is 205 Å². The third-order valence-corrected chi connectivity index (χ3v) is 9.33. The minimum Gasteiger partial charge on any atom is -0.492 e. The number of nitrogens with one attached hydrogen (secondary N) is 1. The molecule has 0 atom stereocenters. The molecule has 2 aromatic rings. The summed E-state index contributed by atoms with van der Waals surface area (Å²) in [6.45, 7) is 3.84. The zero-order valence-corrected chi connectivity index (χ0v) is 21.1. The molecule has 190 valence electrons. The molecular formula is C23H29N3O7S2. The standard InChI is InChI=1S/C23H29N3O7S2/c1-2-23(27)26-11-9-18-17-21(7-8-22(18)26)34(28,29)24-10-14-33-19-3-5-20(6-4-19)35(30,31)25-12-15-32-16-13-25/h3-8,17,24H,2,9-16H2,1H3. The quantitative estimate of drug-likeness (QED) is 0.493. The van der Waals surface area contributed by atoms with Gasteiger partial charge in [-0.3, -0.25) is 4.79 Å². The average molecular weight is 524 g/mol. The number of carbonyl (C=O) groups excluding carboxylic acids is 1. The fraction of sp³-hybridized carbons (Fsp3) is 0.435. The van der Waals surface area contributed by atoms with E-state index in [-0.39, 0.29) is 28.8 Å². The van der Waals surface area contributed by atoms with E-state index in [4.69, 9.17) is 9.47 Å². The van der Waals surface area contributed by atoms with E-state index in [1.165, 1.54) is 22.5 Å². The molecule has 2 aromatic carbocycles. The van der Waals surface area contributed by atoms with Crippen LogP contribution in [0.4, 0.5) is 5.69 Å². The maximum atomic E-state index is 12.7. The van der Waals surface area contributed by atoms with E-state index in [2.05, 4.69) is 4.72 Å². The minimum atomic E-state index is -3.75. The number of hydrogen-bond donors (Lipinski definition) is 1. The summed E-state index contributed by atoms with van der Waals surface area (Å²) < 4.78 is 65.4. The van der Waals surface area contributed by atoms with E-state index in [9.17, 15) is 21.6 Å². The Morgan fingerprint density at radius 2 is 1.69 bits per heavy atom. The monoisotopic (exact) mass is 523 g/mol. The molecule has 2 aliphatic heterocycles. The fourth-order valence-corrected chi connectivity index (χ4v) is 6.54. The van der Waals surface area contributed by atoms with Gasteiger partial charge in [0.1, 0.15) is 12.4 Å². The molecule has 1 amide bonds. The molecule has 2 aliphatic rings. The van der Waals surface area contributed by atoms with Crippen molar-refractivity contribution in [3.63, 3.8) is 0 Å². The van der Waals surface area contributed by atoms with E-state index in [0.717, 1.165) is 11.3 Å². The van der Waals surface area contributed by atoms with Crippen LogP contribution in [0, 0.1) is 0 Å². The summed E-state index contributed by atoms with van der Waals surface area (Å²) in [6, 6.07) is 10.8. The van der Waals surface area contributed by atoms with E-state index in [1.807, 2.05) is 0 Å². The van der Waals surface area contributed by atoms with Crippen molar-refractivity contribution in [2.24, 2.45) is 0 Å². The van der Waals surface area contributed by atoms with Gasteiger partial charge >= 0.3 is 0 Å². The van der Waals surface area contributed by atoms with E-state index in [1.54, 1.807) is 36.1 Å². The summed E-state index contributed by atoms with van der Waals surface area (Å²) in [7, 11) is -7.33. The second kappa shape index (κ2) is 10.6. The summed E-state index contributed by atoms with van der Waals surface area (Å²) >= 11 is 0. The van der Waals surface area contributed by atoms with Gasteiger partial charge in [-0.15, -0.1) is 0 Å². The SMILES string of the molecule is CCC(=O)N1CCc2cc(S(=O)(=O)NCCOc3ccc(S(=O)(=O)N4CCOCC4)cc3)ccc21. The Bertz CT molecular complexity index is 1270. The fourth-order valence-electron chi connectivity index (χ4n) is 4.07. The molecule has 10 nitrogen and oxygen atoms in total. The van der Waals surface area contributed by atoms with Crippen LogP contribution in [0.25, 0.3) is 0 Å². The number of carbonyl (C=O) groups is 1. The predicted octanol–water partition coefficient (Wildman–Crippen LogP) is 1.36. The Hall–Kier alpha value is -2.51. The smallest absolute Gasteiger partial charge is 0.243 e. The van der Waals surface area contributed by atoms with Crippen LogP contribution in [0.5, 0.6) is 5.75 Å². The lowest BCUT2D eigenvalue weighted by Crippen LogP contribution is -2.40. The summed E-state index contributed by atoms with van der Waals surface area (Å²) in [4.78, 5) is 14.0. The van der Waals surface area contributed by atoms with Gasteiger partial charge in [-0.1, -0.05) is 6.92 Å². The first-order valence-electron chi connectivity index (χ1n) is 11.5. The highest BCUT2D eigenvalue weighted by molar-refractivity contribution is 7.89. The highest BCUT2D eigenvalue weighted by atomic mass is 32.2. The molecule has 1 fully saturated rings. The van der Waals surface area contributed by atoms with Gasteiger partial charge in [0.15, 0.2) is 0 Å². The minimum absolute atomic E-state index is 0.0151. The first kappa shape index (κ1) is 25.6. The van der Waals surface area contributed by atoms with Crippen molar-refractivity contribution in [2.75, 3.05) is 50.9 Å². The molecule has 0 unspecified atom stereocenters. The van der Waals surface area contributed by atoms with Gasteiger partial charge in [0.2, 0.25) is 26.0 Å². The number of anilines is 1. The van der Waals surface area contributed by atoms with Crippen molar-refractivity contribution in [3.8, 4) is 5.75 Å². The van der Waals surface area contributed by atoms with Gasteiger partial charge in [0, 0.05) is 38.3 Å². The Morgan fingerprint density at radius 3 is 2.37 bits per heavy atom. The molecule has 35 heavy (non-hydrogen) atoms. The van der Waals surface area contributed by atoms with E-state index < -0.39 is 20.0 Å². The van der Waals surface area contributed by atoms with Crippen molar-refractivity contribution in [1.29, 1.82) is 0 Å². The van der Waals surface area contributed by atoms with Crippen molar-refractivity contribution >= 4 is 31.6 Å². The van der Waals surface area contributed by atoms with Crippen molar-refractivity contribution in [3.05, 3.63) is 48.0 Å². The van der Waals surface area contributed by atoms with Crippen LogP contribution in [0.3, 0.4) is 0 Å². The Balaban J connectivity index is 1.30. The molecule has 0 bridgehead atoms. The van der Waals surface area contributed by atoms with Crippen molar-refractivity contribution < 1.29 is 31.1 Å². The first-order valence-corrected chi connectivity index (χ1v) is 14.4. The summed E-state index contributed by atoms with van der Waals surface area (Å²) in [6.07, 6.45) is 1.01. The molecule has 2 heterocycles. The lowest BCUT2D eigenvalue weighted by atomic mass is 10.2. The number of rotatable bonds is 9. The summed E-state index contributed by atoms with van der Waals surface area (Å²) in [5.41, 5.74) is 1.59. The van der Waals surface area contributed by atoms with Gasteiger partial charge in [-0.2, -0.15) is 4.31 Å². The van der Waals surface area contributed by atoms with Crippen LogP contribution in [0.15, 0.2) is 52.3 Å². The normalized spacial score (nSPS) is 16.8. The number of hydrogen-bond acceptors (Lipinski definition) is 7. The number of amides is 1. The number of fused-ring (bicyclic) bond motifs is 1. The van der Waals surface area contributed by atoms with Crippen LogP contribution >= 0.6 is 0 Å². The van der Waals surface area contributed by atoms with Crippen LogP contribution in [-0.4, -0.2) is 73.0 Å². The van der Waals surface area contributed by atoms with Crippen LogP contribution in [0.1, 0.15) is 18.9 Å². The predicted molar refractivity (Wildman–Crippen MR) is 129 cm³/mol. The molecule has 4 rings (SSSR count). The van der Waals surface area contributed by atoms with E-state index >= 15 is 0 Å². The molecule has 12 heteroatoms. The van der Waals surface area contributed by atoms with Crippen LogP contribution in [0.2, 0.25) is 0 Å². The van der Waals surface area contributed by atoms with E-state index in [0.29, 0.717) is 51.4 Å². The molecule has 0 aromatic heterocycles. The number of sulfonamides is 2. The first-order chi connectivity index (χ1) is 16.7. The highest BCUT2D eigenvalue weighted by Gasteiger charge is 2.27. The zero-order valence-electron chi connectivity index (χ0n) is 19.5. The van der Waals surface area contributed by atoms with Gasteiger partial charge in [0.25, 0.3) is 0 Å². The highest BCUT2D eigenvalue weighted by Crippen LogP contribution is 2.30. The third-order valence-electron chi connectivity index (χ3n) is 5.95. The molecule has 1 saturated heterocycles. The molecular weight excluding hydrogens is 494 g/mol. The number of ether oxygens (including phenoxy) is 2. The molecule has 0 aliphatic carbocycles. The van der Waals surface area contributed by atoms with Gasteiger partial charge < -0.3 is 14.4 Å². The van der Waals surface area contributed by atoms with Crippen molar-refractivity contribution in [2.45, 2.75) is 29.6 Å². The molecule has 1 N–H and O–H groups in total. The topological polar surface area (TPSA) is 122 Å². The van der Waals surface area contributed by atoms with Crippen LogP contribution < -0.4 is 14.4 Å². The number of benzene rings is 2. The third kappa shape index (κ3) is 5.67. The Kier molecular flexibility index (Phi) is 7.77.